The van der Waals surface area contributed by atoms with Crippen LogP contribution in [0.1, 0.15) is 450 Å². The lowest BCUT2D eigenvalue weighted by atomic mass is 10.0. The minimum atomic E-state index is -4.65. The normalized spacial score (nSPS) is 13.3. The van der Waals surface area contributed by atoms with Gasteiger partial charge in [0, 0.05) is 12.8 Å². The number of hydrogen-bond acceptors (Lipinski definition) is 8. The van der Waals surface area contributed by atoms with E-state index in [1.54, 1.807) is 0 Å². The van der Waals surface area contributed by atoms with Crippen LogP contribution in [-0.2, 0) is 32.7 Å². The molecule has 0 bridgehead atoms. The average Bonchev–Trinajstić information content (AvgIpc) is 0.920. The Morgan fingerprint density at radius 1 is 0.308 bits per heavy atom. The molecule has 0 aliphatic rings. The highest BCUT2D eigenvalue weighted by Crippen LogP contribution is 2.38. The van der Waals surface area contributed by atoms with Crippen molar-refractivity contribution in [3.05, 3.63) is 85.1 Å². The molecule has 0 rings (SSSR count). The molecule has 9 nitrogen and oxygen atoms in total. The van der Waals surface area contributed by atoms with E-state index in [1.807, 2.05) is 21.1 Å². The minimum absolute atomic E-state index is 0.0289. The maximum Gasteiger partial charge on any atom is 0.306 e. The molecule has 0 aliphatic heterocycles. The summed E-state index contributed by atoms with van der Waals surface area (Å²) in [5.41, 5.74) is 0. The Labute approximate surface area is 647 Å². The molecule has 10 heteroatoms. The van der Waals surface area contributed by atoms with Crippen molar-refractivity contribution >= 4 is 19.8 Å². The fourth-order valence-electron chi connectivity index (χ4n) is 13.5. The molecular weight excluding hydrogens is 1300 g/mol. The van der Waals surface area contributed by atoms with Gasteiger partial charge in [-0.1, -0.05) is 433 Å². The van der Waals surface area contributed by atoms with Crippen LogP contribution in [0.4, 0.5) is 0 Å². The van der Waals surface area contributed by atoms with Crippen molar-refractivity contribution in [1.82, 2.24) is 0 Å². The Hall–Kier alpha value is -2.81. The Morgan fingerprint density at radius 3 is 0.827 bits per heavy atom. The topological polar surface area (TPSA) is 111 Å². The molecule has 0 heterocycles. The Bertz CT molecular complexity index is 2040. The summed E-state index contributed by atoms with van der Waals surface area (Å²) >= 11 is 0. The van der Waals surface area contributed by atoms with E-state index >= 15 is 0 Å². The van der Waals surface area contributed by atoms with Crippen molar-refractivity contribution in [2.24, 2.45) is 0 Å². The highest BCUT2D eigenvalue weighted by atomic mass is 31.2. The number of allylic oxidation sites excluding steroid dienone is 14. The first-order valence-corrected chi connectivity index (χ1v) is 46.8. The fraction of sp³-hybridized carbons (Fsp3) is 0.830. The van der Waals surface area contributed by atoms with Crippen LogP contribution in [0, 0.1) is 0 Å². The van der Waals surface area contributed by atoms with Gasteiger partial charge in [0.15, 0.2) is 6.10 Å². The second-order valence-electron chi connectivity index (χ2n) is 31.9. The number of unbranched alkanes of at least 4 members (excludes halogenated alkanes) is 57. The van der Waals surface area contributed by atoms with Crippen LogP contribution in [0.2, 0.25) is 0 Å². The fourth-order valence-corrected chi connectivity index (χ4v) is 14.3. The largest absolute Gasteiger partial charge is 0.756 e. The molecule has 0 saturated carbocycles. The summed E-state index contributed by atoms with van der Waals surface area (Å²) in [5.74, 6) is -0.808. The van der Waals surface area contributed by atoms with Crippen molar-refractivity contribution in [2.45, 2.75) is 457 Å². The predicted molar refractivity (Wildman–Crippen MR) is 453 cm³/mol. The van der Waals surface area contributed by atoms with Gasteiger partial charge in [0.2, 0.25) is 0 Å². The third-order valence-corrected chi connectivity index (χ3v) is 21.4. The number of esters is 2. The van der Waals surface area contributed by atoms with Gasteiger partial charge in [-0.25, -0.2) is 0 Å². The number of likely N-dealkylation sites (N-methyl/N-ethyl adjacent to an activating group) is 1. The van der Waals surface area contributed by atoms with Crippen LogP contribution in [0.25, 0.3) is 0 Å². The van der Waals surface area contributed by atoms with Gasteiger partial charge in [-0.15, -0.1) is 0 Å². The summed E-state index contributed by atoms with van der Waals surface area (Å²) in [6.45, 7) is 4.20. The first-order valence-electron chi connectivity index (χ1n) is 45.3. The lowest BCUT2D eigenvalue weighted by Gasteiger charge is -2.28. The zero-order valence-corrected chi connectivity index (χ0v) is 70.6. The average molecular weight is 1480 g/mol. The van der Waals surface area contributed by atoms with Crippen molar-refractivity contribution in [2.75, 3.05) is 47.5 Å². The maximum absolute atomic E-state index is 12.9. The smallest absolute Gasteiger partial charge is 0.306 e. The second-order valence-corrected chi connectivity index (χ2v) is 33.3. The van der Waals surface area contributed by atoms with E-state index < -0.39 is 26.5 Å². The number of rotatable bonds is 85. The summed E-state index contributed by atoms with van der Waals surface area (Å²) in [6, 6.07) is 0. The lowest BCUT2D eigenvalue weighted by molar-refractivity contribution is -0.870. The molecule has 0 saturated heterocycles. The minimum Gasteiger partial charge on any atom is -0.756 e. The summed E-state index contributed by atoms with van der Waals surface area (Å²) < 4.78 is 34.5. The first-order chi connectivity index (χ1) is 51.0. The molecule has 608 valence electrons. The zero-order chi connectivity index (χ0) is 75.4. The highest BCUT2D eigenvalue weighted by Gasteiger charge is 2.22. The van der Waals surface area contributed by atoms with Gasteiger partial charge >= 0.3 is 11.9 Å². The summed E-state index contributed by atoms with van der Waals surface area (Å²) in [4.78, 5) is 38.3. The van der Waals surface area contributed by atoms with Gasteiger partial charge in [-0.2, -0.15) is 0 Å². The van der Waals surface area contributed by atoms with Gasteiger partial charge in [0.05, 0.1) is 27.7 Å². The number of hydrogen-bond donors (Lipinski definition) is 0. The SMILES string of the molecule is CC/C=C\C/C=C\C/C=C\C/C=C\C/C=C\C/C=C\CCCCCCCCCCCCCCCCCCCCCCCCC(=O)OC(COC(=O)CCCCCCCCCCCCCCCCCCCCCCCCCCCCC/C=C\CCCCCCCCCC)COP(=O)([O-])OCC[N+](C)(C)C. The highest BCUT2D eigenvalue weighted by molar-refractivity contribution is 7.45. The molecule has 0 aromatic rings. The number of nitrogens with zero attached hydrogens (tertiary/aromatic N) is 1. The van der Waals surface area contributed by atoms with E-state index in [4.69, 9.17) is 18.5 Å². The number of carbonyl (C=O) groups excluding carboxylic acids is 2. The lowest BCUT2D eigenvalue weighted by Crippen LogP contribution is -2.37. The first kappa shape index (κ1) is 101. The molecule has 2 atom stereocenters. The monoisotopic (exact) mass is 1480 g/mol. The molecule has 0 N–H and O–H groups in total. The maximum atomic E-state index is 12.9. The molecule has 0 radical (unpaired) electrons. The summed E-state index contributed by atoms with van der Waals surface area (Å²) in [7, 11) is 1.19. The summed E-state index contributed by atoms with van der Waals surface area (Å²) in [5, 5.41) is 0. The van der Waals surface area contributed by atoms with E-state index in [-0.39, 0.29) is 32.0 Å². The number of phosphoric ester groups is 1. The van der Waals surface area contributed by atoms with Crippen LogP contribution in [-0.4, -0.2) is 70.0 Å². The van der Waals surface area contributed by atoms with Crippen LogP contribution >= 0.6 is 7.82 Å². The van der Waals surface area contributed by atoms with E-state index in [0.29, 0.717) is 17.4 Å². The van der Waals surface area contributed by atoms with E-state index in [2.05, 4.69) is 98.9 Å². The quantitative estimate of drug-likeness (QED) is 0.0195. The van der Waals surface area contributed by atoms with Crippen LogP contribution in [0.5, 0.6) is 0 Å². The van der Waals surface area contributed by atoms with Gasteiger partial charge < -0.3 is 27.9 Å². The third-order valence-electron chi connectivity index (χ3n) is 20.4. The number of ether oxygens (including phenoxy) is 2. The van der Waals surface area contributed by atoms with Gasteiger partial charge in [0.1, 0.15) is 19.8 Å². The van der Waals surface area contributed by atoms with E-state index in [0.717, 1.165) is 70.6 Å². The van der Waals surface area contributed by atoms with Crippen LogP contribution < -0.4 is 4.89 Å². The standard InChI is InChI=1S/C94H174NO8P/c1-6-8-10-12-14-16-18-20-22-24-26-28-30-32-34-36-38-40-42-44-46-47-49-51-53-55-57-59-61-63-65-67-69-71-73-75-77-79-81-83-85-87-94(97)103-92(91-102-104(98,99)101-89-88-95(3,4)5)90-100-93(96)86-84-82-80-78-76-74-72-70-68-66-64-62-60-58-56-54-52-50-48-45-43-41-39-37-35-33-31-29-27-25-23-21-19-17-15-13-11-9-7-2/h8,10,14,16,20,22,25-28,32,34,38,40,92H,6-7,9,11-13,15,17-19,21,23-24,29-31,33,35-37,39,41-91H2,1-5H3/b10-8-,16-14-,22-20-,27-25-,28-26-,34-32-,40-38-. The van der Waals surface area contributed by atoms with Crippen molar-refractivity contribution in [1.29, 1.82) is 0 Å². The molecule has 0 aliphatic carbocycles. The summed E-state index contributed by atoms with van der Waals surface area (Å²) in [6.07, 6.45) is 118. The Balaban J connectivity index is 3.85. The zero-order valence-electron chi connectivity index (χ0n) is 69.7. The molecule has 0 aromatic heterocycles. The van der Waals surface area contributed by atoms with E-state index in [1.165, 1.54) is 347 Å². The number of carbonyl (C=O) groups is 2. The van der Waals surface area contributed by atoms with Crippen LogP contribution in [0.3, 0.4) is 0 Å². The molecule has 0 aromatic carbocycles. The van der Waals surface area contributed by atoms with Gasteiger partial charge in [-0.05, 0) is 89.9 Å². The van der Waals surface area contributed by atoms with Gasteiger partial charge in [-0.3, -0.25) is 14.2 Å². The molecule has 0 fully saturated rings. The Kier molecular flexibility index (Phi) is 81.9. The number of quaternary nitrogens is 1. The van der Waals surface area contributed by atoms with Gasteiger partial charge in [0.25, 0.3) is 7.82 Å². The molecular formula is C94H174NO8P. The van der Waals surface area contributed by atoms with Crippen molar-refractivity contribution in [3.63, 3.8) is 0 Å². The molecule has 2 unspecified atom stereocenters. The predicted octanol–water partition coefficient (Wildman–Crippen LogP) is 30.1. The molecule has 104 heavy (non-hydrogen) atoms. The molecule has 0 spiro atoms. The Morgan fingerprint density at radius 2 is 0.548 bits per heavy atom. The van der Waals surface area contributed by atoms with Crippen molar-refractivity contribution in [3.8, 4) is 0 Å². The van der Waals surface area contributed by atoms with Crippen molar-refractivity contribution < 1.29 is 42.1 Å². The van der Waals surface area contributed by atoms with E-state index in [9.17, 15) is 19.0 Å². The second kappa shape index (κ2) is 84.2. The molecule has 0 amide bonds. The number of phosphoric acid groups is 1. The van der Waals surface area contributed by atoms with Crippen LogP contribution in [0.15, 0.2) is 85.1 Å². The third kappa shape index (κ3) is 88.1.